The Morgan fingerprint density at radius 1 is 0.941 bits per heavy atom. The monoisotopic (exact) mass is 241 g/mol. The van der Waals surface area contributed by atoms with Crippen LogP contribution in [-0.2, 0) is 0 Å². The first-order valence-electron chi connectivity index (χ1n) is 6.84. The van der Waals surface area contributed by atoms with Crippen LogP contribution in [0.5, 0.6) is 0 Å². The van der Waals surface area contributed by atoms with E-state index in [0.29, 0.717) is 5.54 Å². The van der Waals surface area contributed by atoms with E-state index in [1.54, 1.807) is 0 Å². The molecule has 0 aromatic rings. The Labute approximate surface area is 107 Å². The summed E-state index contributed by atoms with van der Waals surface area (Å²) in [6, 6.07) is 0.267. The standard InChI is InChI=1S/C14H31N3/c1-13(2,3)12(15)11-16-7-9-17(10-8-16)14(4,5)6/h12H,7-11,15H2,1-6H3. The van der Waals surface area contributed by atoms with E-state index >= 15 is 0 Å². The largest absolute Gasteiger partial charge is 0.326 e. The Kier molecular flexibility index (Phi) is 4.61. The molecule has 0 bridgehead atoms. The molecule has 3 heteroatoms. The Morgan fingerprint density at radius 2 is 1.41 bits per heavy atom. The fourth-order valence-corrected chi connectivity index (χ4v) is 2.15. The highest BCUT2D eigenvalue weighted by Crippen LogP contribution is 2.20. The van der Waals surface area contributed by atoms with E-state index < -0.39 is 0 Å². The molecule has 1 unspecified atom stereocenters. The number of nitrogens with two attached hydrogens (primary N) is 1. The molecule has 0 saturated carbocycles. The quantitative estimate of drug-likeness (QED) is 0.800. The number of hydrogen-bond acceptors (Lipinski definition) is 3. The van der Waals surface area contributed by atoms with Gasteiger partial charge in [-0.3, -0.25) is 9.80 Å². The highest BCUT2D eigenvalue weighted by atomic mass is 15.3. The number of rotatable bonds is 2. The van der Waals surface area contributed by atoms with E-state index in [1.807, 2.05) is 0 Å². The molecule has 0 aromatic heterocycles. The van der Waals surface area contributed by atoms with Gasteiger partial charge in [0.2, 0.25) is 0 Å². The average molecular weight is 241 g/mol. The minimum Gasteiger partial charge on any atom is -0.326 e. The number of nitrogens with zero attached hydrogens (tertiary/aromatic N) is 2. The van der Waals surface area contributed by atoms with Gasteiger partial charge in [0.25, 0.3) is 0 Å². The van der Waals surface area contributed by atoms with Gasteiger partial charge in [0.15, 0.2) is 0 Å². The van der Waals surface area contributed by atoms with E-state index in [2.05, 4.69) is 51.3 Å². The van der Waals surface area contributed by atoms with E-state index in [1.165, 1.54) is 13.1 Å². The van der Waals surface area contributed by atoms with Crippen LogP contribution in [0.4, 0.5) is 0 Å². The third-order valence-electron chi connectivity index (χ3n) is 3.89. The zero-order valence-corrected chi connectivity index (χ0v) is 12.6. The lowest BCUT2D eigenvalue weighted by atomic mass is 9.87. The van der Waals surface area contributed by atoms with Crippen molar-refractivity contribution in [3.8, 4) is 0 Å². The van der Waals surface area contributed by atoms with E-state index in [9.17, 15) is 0 Å². The smallest absolute Gasteiger partial charge is 0.0217 e. The lowest BCUT2D eigenvalue weighted by Crippen LogP contribution is -2.56. The predicted molar refractivity (Wildman–Crippen MR) is 75.2 cm³/mol. The zero-order valence-electron chi connectivity index (χ0n) is 12.6. The predicted octanol–water partition coefficient (Wildman–Crippen LogP) is 1.78. The molecule has 102 valence electrons. The van der Waals surface area contributed by atoms with E-state index in [0.717, 1.165) is 19.6 Å². The highest BCUT2D eigenvalue weighted by Gasteiger charge is 2.28. The lowest BCUT2D eigenvalue weighted by Gasteiger charge is -2.43. The Hall–Kier alpha value is -0.120. The third kappa shape index (κ3) is 4.57. The SMILES string of the molecule is CC(C)(C)C(N)CN1CCN(C(C)(C)C)CC1. The van der Waals surface area contributed by atoms with Gasteiger partial charge in [-0.25, -0.2) is 0 Å². The van der Waals surface area contributed by atoms with Crippen molar-refractivity contribution in [1.82, 2.24) is 9.80 Å². The molecule has 1 rings (SSSR count). The lowest BCUT2D eigenvalue weighted by molar-refractivity contribution is 0.0538. The molecule has 2 N–H and O–H groups in total. The van der Waals surface area contributed by atoms with Gasteiger partial charge in [0.1, 0.15) is 0 Å². The molecule has 1 heterocycles. The summed E-state index contributed by atoms with van der Waals surface area (Å²) in [4.78, 5) is 5.07. The maximum Gasteiger partial charge on any atom is 0.0217 e. The van der Waals surface area contributed by atoms with Crippen molar-refractivity contribution < 1.29 is 0 Å². The van der Waals surface area contributed by atoms with E-state index in [-0.39, 0.29) is 11.5 Å². The number of hydrogen-bond donors (Lipinski definition) is 1. The summed E-state index contributed by atoms with van der Waals surface area (Å²) in [5.74, 6) is 0. The summed E-state index contributed by atoms with van der Waals surface area (Å²) < 4.78 is 0. The molecule has 0 amide bonds. The molecule has 0 spiro atoms. The van der Waals surface area contributed by atoms with Crippen LogP contribution in [0.1, 0.15) is 41.5 Å². The third-order valence-corrected chi connectivity index (χ3v) is 3.89. The molecular formula is C14H31N3. The van der Waals surface area contributed by atoms with Crippen LogP contribution in [0, 0.1) is 5.41 Å². The normalized spacial score (nSPS) is 22.8. The fraction of sp³-hybridized carbons (Fsp3) is 1.00. The molecule has 1 saturated heterocycles. The molecular weight excluding hydrogens is 210 g/mol. The van der Waals surface area contributed by atoms with Crippen LogP contribution >= 0.6 is 0 Å². The summed E-state index contributed by atoms with van der Waals surface area (Å²) >= 11 is 0. The van der Waals surface area contributed by atoms with Gasteiger partial charge in [-0.1, -0.05) is 20.8 Å². The number of piperazine rings is 1. The minimum absolute atomic E-state index is 0.209. The van der Waals surface area contributed by atoms with Gasteiger partial charge in [-0.2, -0.15) is 0 Å². The van der Waals surface area contributed by atoms with Crippen molar-refractivity contribution in [3.63, 3.8) is 0 Å². The Bertz CT molecular complexity index is 229. The molecule has 17 heavy (non-hydrogen) atoms. The van der Waals surface area contributed by atoms with Gasteiger partial charge >= 0.3 is 0 Å². The molecule has 0 aliphatic carbocycles. The van der Waals surface area contributed by atoms with Crippen LogP contribution in [-0.4, -0.2) is 54.1 Å². The van der Waals surface area contributed by atoms with Crippen LogP contribution in [0.15, 0.2) is 0 Å². The zero-order chi connectivity index (χ0) is 13.3. The van der Waals surface area contributed by atoms with Crippen molar-refractivity contribution in [2.45, 2.75) is 53.1 Å². The second kappa shape index (κ2) is 5.25. The molecule has 1 fully saturated rings. The van der Waals surface area contributed by atoms with Gasteiger partial charge in [-0.15, -0.1) is 0 Å². The average Bonchev–Trinajstić information content (AvgIpc) is 2.15. The van der Waals surface area contributed by atoms with Gasteiger partial charge in [0.05, 0.1) is 0 Å². The van der Waals surface area contributed by atoms with Crippen molar-refractivity contribution in [1.29, 1.82) is 0 Å². The Morgan fingerprint density at radius 3 is 1.76 bits per heavy atom. The molecule has 1 aliphatic heterocycles. The van der Waals surface area contributed by atoms with Crippen LogP contribution in [0.25, 0.3) is 0 Å². The maximum atomic E-state index is 6.25. The molecule has 3 nitrogen and oxygen atoms in total. The second-order valence-corrected chi connectivity index (χ2v) is 7.43. The first kappa shape index (κ1) is 14.9. The molecule has 1 aliphatic rings. The minimum atomic E-state index is 0.209. The molecule has 0 radical (unpaired) electrons. The molecule has 0 aromatic carbocycles. The molecule has 1 atom stereocenters. The van der Waals surface area contributed by atoms with Crippen molar-refractivity contribution in [2.75, 3.05) is 32.7 Å². The summed E-state index contributed by atoms with van der Waals surface area (Å²) in [6.45, 7) is 19.2. The topological polar surface area (TPSA) is 32.5 Å². The van der Waals surface area contributed by atoms with Crippen LogP contribution < -0.4 is 5.73 Å². The highest BCUT2D eigenvalue weighted by molar-refractivity contribution is 4.85. The summed E-state index contributed by atoms with van der Waals surface area (Å²) in [5, 5.41) is 0. The van der Waals surface area contributed by atoms with Gasteiger partial charge in [0, 0.05) is 44.3 Å². The summed E-state index contributed by atoms with van der Waals surface area (Å²) in [5.41, 5.74) is 6.76. The van der Waals surface area contributed by atoms with Crippen molar-refractivity contribution in [3.05, 3.63) is 0 Å². The van der Waals surface area contributed by atoms with Crippen molar-refractivity contribution >= 4 is 0 Å². The van der Waals surface area contributed by atoms with Gasteiger partial charge < -0.3 is 5.73 Å². The Balaban J connectivity index is 2.38. The first-order chi connectivity index (χ1) is 7.60. The summed E-state index contributed by atoms with van der Waals surface area (Å²) in [7, 11) is 0. The van der Waals surface area contributed by atoms with Crippen molar-refractivity contribution in [2.24, 2.45) is 11.1 Å². The van der Waals surface area contributed by atoms with Crippen LogP contribution in [0.3, 0.4) is 0 Å². The maximum absolute atomic E-state index is 6.25. The van der Waals surface area contributed by atoms with Crippen LogP contribution in [0.2, 0.25) is 0 Å². The fourth-order valence-electron chi connectivity index (χ4n) is 2.15. The second-order valence-electron chi connectivity index (χ2n) is 7.43. The summed E-state index contributed by atoms with van der Waals surface area (Å²) in [6.07, 6.45) is 0. The first-order valence-corrected chi connectivity index (χ1v) is 6.84. The van der Waals surface area contributed by atoms with E-state index in [4.69, 9.17) is 5.73 Å². The van der Waals surface area contributed by atoms with Gasteiger partial charge in [-0.05, 0) is 26.2 Å².